The van der Waals surface area contributed by atoms with Crippen molar-refractivity contribution in [2.75, 3.05) is 19.0 Å². The number of rotatable bonds is 4. The second-order valence-corrected chi connectivity index (χ2v) is 5.87. The van der Waals surface area contributed by atoms with Gasteiger partial charge in [-0.15, -0.1) is 0 Å². The molecule has 0 amide bonds. The summed E-state index contributed by atoms with van der Waals surface area (Å²) in [5.41, 5.74) is 0.864. The number of fused-ring (bicyclic) bond motifs is 1. The summed E-state index contributed by atoms with van der Waals surface area (Å²) in [4.78, 5) is 25.9. The molecule has 6 nitrogen and oxygen atoms in total. The maximum atomic E-state index is 13.1. The summed E-state index contributed by atoms with van der Waals surface area (Å²) in [6.07, 6.45) is 3.76. The first-order valence-corrected chi connectivity index (χ1v) is 8.28. The van der Waals surface area contributed by atoms with Crippen molar-refractivity contribution in [3.63, 3.8) is 0 Å². The smallest absolute Gasteiger partial charge is 0.230 e. The molecule has 4 rings (SSSR count). The molecule has 7 heteroatoms. The number of ketones is 1. The highest BCUT2D eigenvalue weighted by atomic mass is 19.1. The Balaban J connectivity index is 1.83. The fourth-order valence-corrected chi connectivity index (χ4v) is 2.73. The van der Waals surface area contributed by atoms with Crippen molar-refractivity contribution in [1.29, 1.82) is 0 Å². The van der Waals surface area contributed by atoms with Crippen molar-refractivity contribution in [2.24, 2.45) is 4.99 Å². The quantitative estimate of drug-likeness (QED) is 0.720. The van der Waals surface area contributed by atoms with E-state index in [2.05, 4.69) is 20.3 Å². The van der Waals surface area contributed by atoms with Crippen molar-refractivity contribution in [2.45, 2.75) is 0 Å². The van der Waals surface area contributed by atoms with Gasteiger partial charge in [0.15, 0.2) is 0 Å². The normalized spacial score (nSPS) is 12.9. The first-order chi connectivity index (χ1) is 13.1. The number of methoxy groups -OCH3 is 1. The maximum Gasteiger partial charge on any atom is 0.230 e. The summed E-state index contributed by atoms with van der Waals surface area (Å²) in [5, 5.41) is 3.87. The molecule has 0 spiro atoms. The molecular formula is C20H15FN4O2. The fraction of sp³-hybridized carbons (Fsp3) is 0.100. The van der Waals surface area contributed by atoms with Crippen LogP contribution in [-0.2, 0) is 0 Å². The summed E-state index contributed by atoms with van der Waals surface area (Å²) in [6.45, 7) is 0.598. The SMILES string of the molecule is COc1ccc2c(NC3=NCC=C3)nc(C(=O)c3ccc(F)cc3)nc2c1. The van der Waals surface area contributed by atoms with Gasteiger partial charge >= 0.3 is 0 Å². The van der Waals surface area contributed by atoms with Gasteiger partial charge in [0.05, 0.1) is 19.2 Å². The lowest BCUT2D eigenvalue weighted by molar-refractivity contribution is 0.103. The molecule has 0 saturated heterocycles. The number of amidine groups is 1. The molecule has 27 heavy (non-hydrogen) atoms. The molecule has 0 saturated carbocycles. The lowest BCUT2D eigenvalue weighted by atomic mass is 10.1. The monoisotopic (exact) mass is 362 g/mol. The Morgan fingerprint density at radius 1 is 1.15 bits per heavy atom. The largest absolute Gasteiger partial charge is 0.497 e. The van der Waals surface area contributed by atoms with E-state index in [1.807, 2.05) is 18.2 Å². The predicted octanol–water partition coefficient (Wildman–Crippen LogP) is 3.39. The molecule has 1 aliphatic rings. The molecule has 1 aliphatic heterocycles. The Kier molecular flexibility index (Phi) is 4.33. The van der Waals surface area contributed by atoms with Crippen molar-refractivity contribution < 1.29 is 13.9 Å². The van der Waals surface area contributed by atoms with Gasteiger partial charge in [0.25, 0.3) is 0 Å². The molecule has 0 unspecified atom stereocenters. The molecule has 2 heterocycles. The molecule has 2 aromatic carbocycles. The third-order valence-corrected chi connectivity index (χ3v) is 4.10. The zero-order valence-electron chi connectivity index (χ0n) is 14.4. The Labute approximate surface area is 154 Å². The number of ether oxygens (including phenoxy) is 1. The number of anilines is 1. The Hall–Kier alpha value is -3.61. The molecule has 3 aromatic rings. The van der Waals surface area contributed by atoms with Crippen molar-refractivity contribution >= 4 is 28.3 Å². The Bertz CT molecular complexity index is 1090. The van der Waals surface area contributed by atoms with Crippen molar-refractivity contribution in [1.82, 2.24) is 9.97 Å². The van der Waals surface area contributed by atoms with Crippen LogP contribution in [0.5, 0.6) is 5.75 Å². The number of nitrogens with one attached hydrogen (secondary N) is 1. The van der Waals surface area contributed by atoms with E-state index in [1.165, 1.54) is 24.3 Å². The number of hydrogen-bond donors (Lipinski definition) is 1. The van der Waals surface area contributed by atoms with Crippen LogP contribution in [0.1, 0.15) is 16.2 Å². The van der Waals surface area contributed by atoms with Crippen LogP contribution < -0.4 is 10.1 Å². The van der Waals surface area contributed by atoms with E-state index in [1.54, 1.807) is 19.2 Å². The van der Waals surface area contributed by atoms with Crippen LogP contribution in [0.25, 0.3) is 10.9 Å². The number of halogens is 1. The number of benzene rings is 2. The van der Waals surface area contributed by atoms with Crippen molar-refractivity contribution in [3.8, 4) is 5.75 Å². The molecule has 0 radical (unpaired) electrons. The molecule has 0 fully saturated rings. The molecule has 1 aromatic heterocycles. The molecule has 0 bridgehead atoms. The highest BCUT2D eigenvalue weighted by Crippen LogP contribution is 2.26. The number of carbonyl (C=O) groups is 1. The van der Waals surface area contributed by atoms with Gasteiger partial charge in [0, 0.05) is 17.0 Å². The van der Waals surface area contributed by atoms with Crippen LogP contribution in [0.3, 0.4) is 0 Å². The summed E-state index contributed by atoms with van der Waals surface area (Å²) in [6, 6.07) is 10.6. The standard InChI is InChI=1S/C20H15FN4O2/c1-27-14-8-9-15-16(11-14)23-20(18(26)12-4-6-13(21)7-5-12)25-19(15)24-17-3-2-10-22-17/h2-9,11H,10H2,1H3,(H,22,23,24,25). The topological polar surface area (TPSA) is 76.5 Å². The highest BCUT2D eigenvalue weighted by Gasteiger charge is 2.17. The number of hydrogen-bond acceptors (Lipinski definition) is 6. The highest BCUT2D eigenvalue weighted by molar-refractivity contribution is 6.11. The zero-order valence-corrected chi connectivity index (χ0v) is 14.4. The molecule has 0 aliphatic carbocycles. The van der Waals surface area contributed by atoms with E-state index in [4.69, 9.17) is 4.74 Å². The minimum Gasteiger partial charge on any atom is -0.497 e. The third kappa shape index (κ3) is 3.39. The summed E-state index contributed by atoms with van der Waals surface area (Å²) >= 11 is 0. The molecule has 1 N–H and O–H groups in total. The van der Waals surface area contributed by atoms with Gasteiger partial charge in [-0.25, -0.2) is 14.4 Å². The van der Waals surface area contributed by atoms with Crippen LogP contribution in [0.4, 0.5) is 10.2 Å². The molecule has 0 atom stereocenters. The molecule has 134 valence electrons. The second kappa shape index (κ2) is 6.95. The van der Waals surface area contributed by atoms with Gasteiger partial charge in [0.2, 0.25) is 11.6 Å². The molecular weight excluding hydrogens is 347 g/mol. The van der Waals surface area contributed by atoms with Crippen LogP contribution in [0.15, 0.2) is 59.6 Å². The lowest BCUT2D eigenvalue weighted by Crippen LogP contribution is -2.14. The van der Waals surface area contributed by atoms with E-state index in [9.17, 15) is 9.18 Å². The van der Waals surface area contributed by atoms with Gasteiger partial charge in [-0.2, -0.15) is 0 Å². The minimum atomic E-state index is -0.413. The minimum absolute atomic E-state index is 0.00689. The second-order valence-electron chi connectivity index (χ2n) is 5.87. The maximum absolute atomic E-state index is 13.1. The summed E-state index contributed by atoms with van der Waals surface area (Å²) in [7, 11) is 1.56. The fourth-order valence-electron chi connectivity index (χ4n) is 2.73. The van der Waals surface area contributed by atoms with Crippen molar-refractivity contribution in [3.05, 3.63) is 71.8 Å². The van der Waals surface area contributed by atoms with Gasteiger partial charge in [-0.05, 0) is 42.5 Å². The average Bonchev–Trinajstić information content (AvgIpc) is 3.20. The lowest BCUT2D eigenvalue weighted by Gasteiger charge is -2.11. The van der Waals surface area contributed by atoms with Crippen LogP contribution in [0, 0.1) is 5.82 Å². The Morgan fingerprint density at radius 2 is 1.96 bits per heavy atom. The first kappa shape index (κ1) is 16.8. The predicted molar refractivity (Wildman–Crippen MR) is 101 cm³/mol. The number of aliphatic imine (C=N–C) groups is 1. The van der Waals surface area contributed by atoms with E-state index in [0.717, 1.165) is 5.39 Å². The van der Waals surface area contributed by atoms with Gasteiger partial charge in [0.1, 0.15) is 23.2 Å². The average molecular weight is 362 g/mol. The van der Waals surface area contributed by atoms with Gasteiger partial charge in [-0.1, -0.05) is 6.08 Å². The first-order valence-electron chi connectivity index (χ1n) is 8.28. The Morgan fingerprint density at radius 3 is 2.67 bits per heavy atom. The van der Waals surface area contributed by atoms with E-state index in [0.29, 0.717) is 35.0 Å². The van der Waals surface area contributed by atoms with Crippen LogP contribution in [-0.4, -0.2) is 35.2 Å². The van der Waals surface area contributed by atoms with Gasteiger partial charge < -0.3 is 10.1 Å². The summed E-state index contributed by atoms with van der Waals surface area (Å²) in [5.74, 6) is 0.943. The van der Waals surface area contributed by atoms with Gasteiger partial charge in [-0.3, -0.25) is 9.79 Å². The van der Waals surface area contributed by atoms with E-state index in [-0.39, 0.29) is 5.82 Å². The summed E-state index contributed by atoms with van der Waals surface area (Å²) < 4.78 is 18.4. The zero-order chi connectivity index (χ0) is 18.8. The van der Waals surface area contributed by atoms with E-state index < -0.39 is 11.6 Å². The van der Waals surface area contributed by atoms with Crippen LogP contribution >= 0.6 is 0 Å². The van der Waals surface area contributed by atoms with E-state index >= 15 is 0 Å². The van der Waals surface area contributed by atoms with Crippen LogP contribution in [0.2, 0.25) is 0 Å². The number of nitrogens with zero attached hydrogens (tertiary/aromatic N) is 3. The number of aromatic nitrogens is 2. The third-order valence-electron chi connectivity index (χ3n) is 4.10. The number of carbonyl (C=O) groups excluding carboxylic acids is 1.